The van der Waals surface area contributed by atoms with Gasteiger partial charge in [0.2, 0.25) is 0 Å². The summed E-state index contributed by atoms with van der Waals surface area (Å²) in [6, 6.07) is 0. The molecule has 1 N–H and O–H groups in total. The minimum atomic E-state index is -0.669. The molecule has 0 aromatic carbocycles. The van der Waals surface area contributed by atoms with E-state index in [1.54, 1.807) is 26.0 Å². The van der Waals surface area contributed by atoms with Crippen molar-refractivity contribution in [3.05, 3.63) is 47.6 Å². The predicted molar refractivity (Wildman–Crippen MR) is 92.3 cm³/mol. The Kier molecular flexibility index (Phi) is 4.45. The van der Waals surface area contributed by atoms with Crippen molar-refractivity contribution in [1.29, 1.82) is 0 Å². The number of hydrogen-bond donors (Lipinski definition) is 1. The van der Waals surface area contributed by atoms with Crippen LogP contribution in [0.1, 0.15) is 27.2 Å². The SMILES string of the molecule is C=C1C[C@@H](OC(=O)/C(C)=C/C)[C@H]2C(=C)C(=O)O[C@@H]2[C@H]2C(C)=C[C@@H](O)[C@@H]12. The Morgan fingerprint density at radius 2 is 2.04 bits per heavy atom. The molecule has 0 aromatic heterocycles. The number of carbonyl (C=O) groups excluding carboxylic acids is 2. The molecular weight excluding hydrogens is 320 g/mol. The molecule has 25 heavy (non-hydrogen) atoms. The van der Waals surface area contributed by atoms with Crippen molar-refractivity contribution in [2.24, 2.45) is 17.8 Å². The summed E-state index contributed by atoms with van der Waals surface area (Å²) in [5.41, 5.74) is 2.59. The topological polar surface area (TPSA) is 72.8 Å². The van der Waals surface area contributed by atoms with Gasteiger partial charge in [-0.1, -0.05) is 36.5 Å². The fourth-order valence-corrected chi connectivity index (χ4v) is 4.26. The number of aliphatic hydroxyl groups is 1. The Morgan fingerprint density at radius 3 is 2.68 bits per heavy atom. The van der Waals surface area contributed by atoms with Crippen molar-refractivity contribution >= 4 is 11.9 Å². The van der Waals surface area contributed by atoms with Gasteiger partial charge in [-0.05, 0) is 20.8 Å². The summed E-state index contributed by atoms with van der Waals surface area (Å²) in [7, 11) is 0. The third kappa shape index (κ3) is 2.76. The highest BCUT2D eigenvalue weighted by Crippen LogP contribution is 2.51. The monoisotopic (exact) mass is 344 g/mol. The summed E-state index contributed by atoms with van der Waals surface area (Å²) in [4.78, 5) is 24.4. The molecule has 1 heterocycles. The van der Waals surface area contributed by atoms with E-state index >= 15 is 0 Å². The molecule has 0 spiro atoms. The summed E-state index contributed by atoms with van der Waals surface area (Å²) in [5.74, 6) is -1.72. The van der Waals surface area contributed by atoms with Crippen LogP contribution in [-0.4, -0.2) is 35.4 Å². The Hall–Kier alpha value is -2.14. The van der Waals surface area contributed by atoms with Crippen LogP contribution >= 0.6 is 0 Å². The van der Waals surface area contributed by atoms with E-state index in [-0.39, 0.29) is 11.8 Å². The molecule has 6 atom stereocenters. The molecule has 1 aliphatic heterocycles. The molecule has 0 radical (unpaired) electrons. The Balaban J connectivity index is 1.99. The number of fused-ring (bicyclic) bond motifs is 3. The average Bonchev–Trinajstić information content (AvgIpc) is 2.96. The number of allylic oxidation sites excluding steroid dienone is 1. The lowest BCUT2D eigenvalue weighted by molar-refractivity contribution is -0.148. The standard InChI is InChI=1S/C20H24O5/c1-6-9(2)19(22)24-14-8-11(4)15-13(21)7-10(3)16(15)18-17(14)12(5)20(23)25-18/h6-7,13-18,21H,4-5,8H2,1-3H3/b9-6+/t13-,14-,15-,16+,17-,18-/m1/s1. The molecule has 1 saturated carbocycles. The maximum atomic E-state index is 12.3. The molecule has 3 aliphatic rings. The van der Waals surface area contributed by atoms with Crippen molar-refractivity contribution in [3.8, 4) is 0 Å². The first-order valence-corrected chi connectivity index (χ1v) is 8.54. The van der Waals surface area contributed by atoms with E-state index in [0.717, 1.165) is 11.1 Å². The van der Waals surface area contributed by atoms with Crippen LogP contribution in [0.5, 0.6) is 0 Å². The van der Waals surface area contributed by atoms with Crippen molar-refractivity contribution in [1.82, 2.24) is 0 Å². The van der Waals surface area contributed by atoms with Crippen molar-refractivity contribution in [3.63, 3.8) is 0 Å². The minimum Gasteiger partial charge on any atom is -0.458 e. The van der Waals surface area contributed by atoms with Gasteiger partial charge in [0.05, 0.1) is 12.0 Å². The second-order valence-corrected chi connectivity index (χ2v) is 7.15. The molecule has 5 nitrogen and oxygen atoms in total. The van der Waals surface area contributed by atoms with Gasteiger partial charge in [-0.25, -0.2) is 9.59 Å². The first-order chi connectivity index (χ1) is 11.8. The summed E-state index contributed by atoms with van der Waals surface area (Å²) in [6.07, 6.45) is 2.10. The fourth-order valence-electron chi connectivity index (χ4n) is 4.26. The minimum absolute atomic E-state index is 0.165. The van der Waals surface area contributed by atoms with Crippen molar-refractivity contribution < 1.29 is 24.2 Å². The first kappa shape index (κ1) is 17.7. The van der Waals surface area contributed by atoms with Crippen LogP contribution in [0, 0.1) is 17.8 Å². The number of aliphatic hydroxyl groups excluding tert-OH is 1. The van der Waals surface area contributed by atoms with Gasteiger partial charge in [-0.3, -0.25) is 0 Å². The number of esters is 2. The van der Waals surface area contributed by atoms with Gasteiger partial charge >= 0.3 is 11.9 Å². The maximum absolute atomic E-state index is 12.3. The van der Waals surface area contributed by atoms with E-state index < -0.39 is 36.2 Å². The van der Waals surface area contributed by atoms with E-state index in [9.17, 15) is 14.7 Å². The Morgan fingerprint density at radius 1 is 1.36 bits per heavy atom. The molecule has 134 valence electrons. The summed E-state index contributed by atoms with van der Waals surface area (Å²) in [6.45, 7) is 13.4. The van der Waals surface area contributed by atoms with E-state index in [0.29, 0.717) is 17.6 Å². The predicted octanol–water partition coefficient (Wildman–Crippen LogP) is 2.48. The van der Waals surface area contributed by atoms with Gasteiger partial charge in [0.15, 0.2) is 0 Å². The second-order valence-electron chi connectivity index (χ2n) is 7.15. The molecule has 0 amide bonds. The highest BCUT2D eigenvalue weighted by Gasteiger charge is 2.56. The van der Waals surface area contributed by atoms with Crippen LogP contribution in [0.3, 0.4) is 0 Å². The molecule has 0 unspecified atom stereocenters. The van der Waals surface area contributed by atoms with Gasteiger partial charge in [-0.15, -0.1) is 0 Å². The summed E-state index contributed by atoms with van der Waals surface area (Å²) >= 11 is 0. The second kappa shape index (κ2) is 6.30. The largest absolute Gasteiger partial charge is 0.458 e. The normalized spacial score (nSPS) is 37.8. The van der Waals surface area contributed by atoms with E-state index in [1.165, 1.54) is 0 Å². The number of carbonyl (C=O) groups is 2. The molecule has 1 saturated heterocycles. The van der Waals surface area contributed by atoms with Gasteiger partial charge in [-0.2, -0.15) is 0 Å². The molecule has 0 bridgehead atoms. The highest BCUT2D eigenvalue weighted by molar-refractivity contribution is 5.92. The number of ether oxygens (including phenoxy) is 2. The molecule has 2 aliphatic carbocycles. The molecule has 2 fully saturated rings. The third-order valence-corrected chi connectivity index (χ3v) is 5.68. The molecule has 5 heteroatoms. The van der Waals surface area contributed by atoms with Crippen molar-refractivity contribution in [2.45, 2.75) is 45.5 Å². The van der Waals surface area contributed by atoms with E-state index in [1.807, 2.05) is 6.92 Å². The zero-order valence-corrected chi connectivity index (χ0v) is 14.8. The van der Waals surface area contributed by atoms with Crippen LogP contribution in [0.25, 0.3) is 0 Å². The summed E-state index contributed by atoms with van der Waals surface area (Å²) in [5, 5.41) is 10.4. The first-order valence-electron chi connectivity index (χ1n) is 8.54. The van der Waals surface area contributed by atoms with Gasteiger partial charge in [0.25, 0.3) is 0 Å². The van der Waals surface area contributed by atoms with Crippen LogP contribution in [0.4, 0.5) is 0 Å². The average molecular weight is 344 g/mol. The number of rotatable bonds is 2. The van der Waals surface area contributed by atoms with Crippen LogP contribution in [0.2, 0.25) is 0 Å². The smallest absolute Gasteiger partial charge is 0.334 e. The molecule has 3 rings (SSSR count). The maximum Gasteiger partial charge on any atom is 0.334 e. The third-order valence-electron chi connectivity index (χ3n) is 5.68. The van der Waals surface area contributed by atoms with Crippen LogP contribution in [-0.2, 0) is 19.1 Å². The molecule has 0 aromatic rings. The zero-order chi connectivity index (χ0) is 18.5. The Bertz CT molecular complexity index is 714. The van der Waals surface area contributed by atoms with E-state index in [2.05, 4.69) is 13.2 Å². The van der Waals surface area contributed by atoms with E-state index in [4.69, 9.17) is 9.47 Å². The lowest BCUT2D eigenvalue weighted by atomic mass is 9.79. The quantitative estimate of drug-likeness (QED) is 0.473. The van der Waals surface area contributed by atoms with Gasteiger partial charge < -0.3 is 14.6 Å². The lowest BCUT2D eigenvalue weighted by Crippen LogP contribution is -2.36. The Labute approximate surface area is 147 Å². The number of hydrogen-bond acceptors (Lipinski definition) is 5. The summed E-state index contributed by atoms with van der Waals surface area (Å²) < 4.78 is 11.3. The van der Waals surface area contributed by atoms with Crippen LogP contribution in [0.15, 0.2) is 47.6 Å². The molecular formula is C20H24O5. The van der Waals surface area contributed by atoms with Crippen LogP contribution < -0.4 is 0 Å². The lowest BCUT2D eigenvalue weighted by Gasteiger charge is -2.29. The van der Waals surface area contributed by atoms with Gasteiger partial charge in [0, 0.05) is 29.4 Å². The zero-order valence-electron chi connectivity index (χ0n) is 14.8. The van der Waals surface area contributed by atoms with Gasteiger partial charge in [0.1, 0.15) is 12.2 Å². The van der Waals surface area contributed by atoms with Crippen molar-refractivity contribution in [2.75, 3.05) is 0 Å². The highest BCUT2D eigenvalue weighted by atomic mass is 16.6. The fraction of sp³-hybridized carbons (Fsp3) is 0.500.